The van der Waals surface area contributed by atoms with Crippen molar-refractivity contribution in [2.24, 2.45) is 5.92 Å². The van der Waals surface area contributed by atoms with E-state index < -0.39 is 0 Å². The van der Waals surface area contributed by atoms with Crippen LogP contribution in [0, 0.1) is 5.92 Å². The van der Waals surface area contributed by atoms with Gasteiger partial charge < -0.3 is 5.32 Å². The van der Waals surface area contributed by atoms with Crippen molar-refractivity contribution in [3.05, 3.63) is 0 Å². The molecule has 2 rings (SSSR count). The quantitative estimate of drug-likeness (QED) is 0.715. The molecule has 0 spiro atoms. The molecule has 0 radical (unpaired) electrons. The minimum atomic E-state index is 0.799. The van der Waals surface area contributed by atoms with Crippen molar-refractivity contribution in [1.29, 1.82) is 0 Å². The zero-order valence-corrected chi connectivity index (χ0v) is 10.8. The maximum Gasteiger partial charge on any atom is 0.0160 e. The maximum absolute atomic E-state index is 3.66. The molecule has 1 unspecified atom stereocenters. The van der Waals surface area contributed by atoms with Gasteiger partial charge in [0.05, 0.1) is 0 Å². The van der Waals surface area contributed by atoms with Crippen molar-refractivity contribution < 1.29 is 0 Å². The molecule has 0 bridgehead atoms. The molecule has 0 aromatic heterocycles. The molecule has 1 atom stereocenters. The molecular formula is C13H25NS. The third kappa shape index (κ3) is 4.36. The summed E-state index contributed by atoms with van der Waals surface area (Å²) in [4.78, 5) is 0. The Morgan fingerprint density at radius 1 is 1.20 bits per heavy atom. The molecule has 2 fully saturated rings. The summed E-state index contributed by atoms with van der Waals surface area (Å²) in [5.74, 6) is 2.42. The van der Waals surface area contributed by atoms with E-state index in [1.807, 2.05) is 0 Å². The van der Waals surface area contributed by atoms with E-state index in [4.69, 9.17) is 0 Å². The van der Waals surface area contributed by atoms with Crippen LogP contribution in [-0.4, -0.2) is 23.6 Å². The van der Waals surface area contributed by atoms with Gasteiger partial charge in [0.1, 0.15) is 0 Å². The normalized spacial score (nSPS) is 24.6. The van der Waals surface area contributed by atoms with E-state index in [-0.39, 0.29) is 0 Å². The minimum Gasteiger partial charge on any atom is -0.313 e. The summed E-state index contributed by atoms with van der Waals surface area (Å²) < 4.78 is 0. The van der Waals surface area contributed by atoms with Gasteiger partial charge in [-0.1, -0.05) is 32.6 Å². The Hall–Kier alpha value is 0.310. The first kappa shape index (κ1) is 11.8. The molecule has 0 aromatic rings. The fourth-order valence-corrected chi connectivity index (χ4v) is 3.99. The van der Waals surface area contributed by atoms with Crippen LogP contribution in [0.2, 0.25) is 0 Å². The molecule has 0 heterocycles. The average Bonchev–Trinajstić information content (AvgIpc) is 2.90. The molecule has 0 amide bonds. The van der Waals surface area contributed by atoms with Gasteiger partial charge in [0, 0.05) is 17.0 Å². The first-order chi connectivity index (χ1) is 7.38. The zero-order valence-electron chi connectivity index (χ0n) is 10.0. The second-order valence-corrected chi connectivity index (χ2v) is 6.51. The third-order valence-corrected chi connectivity index (χ3v) is 5.18. The van der Waals surface area contributed by atoms with Crippen LogP contribution in [0.15, 0.2) is 0 Å². The highest BCUT2D eigenvalue weighted by molar-refractivity contribution is 7.99. The van der Waals surface area contributed by atoms with Crippen molar-refractivity contribution in [3.63, 3.8) is 0 Å². The number of thioether (sulfide) groups is 1. The van der Waals surface area contributed by atoms with Gasteiger partial charge >= 0.3 is 0 Å². The van der Waals surface area contributed by atoms with Gasteiger partial charge in [0.2, 0.25) is 0 Å². The lowest BCUT2D eigenvalue weighted by Crippen LogP contribution is -2.32. The summed E-state index contributed by atoms with van der Waals surface area (Å²) >= 11 is 2.24. The molecule has 1 nitrogen and oxygen atoms in total. The van der Waals surface area contributed by atoms with Crippen LogP contribution in [0.5, 0.6) is 0 Å². The Bertz CT molecular complexity index is 173. The number of nitrogens with one attached hydrogen (secondary N) is 1. The fourth-order valence-electron chi connectivity index (χ4n) is 2.56. The zero-order chi connectivity index (χ0) is 10.5. The molecule has 0 aliphatic heterocycles. The van der Waals surface area contributed by atoms with E-state index in [1.165, 1.54) is 50.7 Å². The Kier molecular flexibility index (Phi) is 4.83. The van der Waals surface area contributed by atoms with Gasteiger partial charge in [-0.05, 0) is 31.7 Å². The predicted octanol–water partition coefficient (Wildman–Crippen LogP) is 3.44. The van der Waals surface area contributed by atoms with Gasteiger partial charge in [-0.2, -0.15) is 11.8 Å². The lowest BCUT2D eigenvalue weighted by molar-refractivity contribution is 0.507. The smallest absolute Gasteiger partial charge is 0.0160 e. The van der Waals surface area contributed by atoms with E-state index in [0.29, 0.717) is 0 Å². The lowest BCUT2D eigenvalue weighted by atomic mass is 10.1. The van der Waals surface area contributed by atoms with Crippen LogP contribution in [-0.2, 0) is 0 Å². The van der Waals surface area contributed by atoms with Crippen molar-refractivity contribution >= 4 is 11.8 Å². The van der Waals surface area contributed by atoms with E-state index >= 15 is 0 Å². The van der Waals surface area contributed by atoms with Crippen molar-refractivity contribution in [2.45, 2.75) is 63.2 Å². The molecule has 0 aromatic carbocycles. The molecule has 88 valence electrons. The van der Waals surface area contributed by atoms with Crippen LogP contribution < -0.4 is 5.32 Å². The second kappa shape index (κ2) is 6.15. The van der Waals surface area contributed by atoms with Gasteiger partial charge in [-0.25, -0.2) is 0 Å². The van der Waals surface area contributed by atoms with Crippen molar-refractivity contribution in [1.82, 2.24) is 5.32 Å². The van der Waals surface area contributed by atoms with Crippen molar-refractivity contribution in [2.75, 3.05) is 12.3 Å². The van der Waals surface area contributed by atoms with Gasteiger partial charge in [-0.3, -0.25) is 0 Å². The lowest BCUT2D eigenvalue weighted by Gasteiger charge is -2.19. The van der Waals surface area contributed by atoms with E-state index in [2.05, 4.69) is 24.0 Å². The number of hydrogen-bond donors (Lipinski definition) is 1. The summed E-state index contributed by atoms with van der Waals surface area (Å²) in [7, 11) is 0. The highest BCUT2D eigenvalue weighted by atomic mass is 32.2. The minimum absolute atomic E-state index is 0.799. The SMILES string of the molecule is CCNC(CSC1CCCC1)CC1CC1. The van der Waals surface area contributed by atoms with Crippen molar-refractivity contribution in [3.8, 4) is 0 Å². The van der Waals surface area contributed by atoms with Crippen LogP contribution >= 0.6 is 11.8 Å². The Balaban J connectivity index is 1.62. The molecule has 15 heavy (non-hydrogen) atoms. The molecule has 2 saturated carbocycles. The topological polar surface area (TPSA) is 12.0 Å². The fraction of sp³-hybridized carbons (Fsp3) is 1.00. The van der Waals surface area contributed by atoms with Gasteiger partial charge in [-0.15, -0.1) is 0 Å². The van der Waals surface area contributed by atoms with Crippen LogP contribution in [0.1, 0.15) is 51.9 Å². The largest absolute Gasteiger partial charge is 0.313 e. The van der Waals surface area contributed by atoms with Crippen LogP contribution in [0.3, 0.4) is 0 Å². The first-order valence-corrected chi connectivity index (χ1v) is 7.78. The van der Waals surface area contributed by atoms with Gasteiger partial charge in [0.15, 0.2) is 0 Å². The van der Waals surface area contributed by atoms with E-state index in [0.717, 1.165) is 23.8 Å². The molecule has 2 aliphatic carbocycles. The maximum atomic E-state index is 3.66. The standard InChI is InChI=1S/C13H25NS/c1-2-14-12(9-11-7-8-11)10-15-13-5-3-4-6-13/h11-14H,2-10H2,1H3. The Morgan fingerprint density at radius 3 is 2.53 bits per heavy atom. The summed E-state index contributed by atoms with van der Waals surface area (Å²) in [5, 5.41) is 4.65. The monoisotopic (exact) mass is 227 g/mol. The molecular weight excluding hydrogens is 202 g/mol. The summed E-state index contributed by atoms with van der Waals surface area (Å²) in [6.45, 7) is 3.38. The summed E-state index contributed by atoms with van der Waals surface area (Å²) in [5.41, 5.74) is 0. The average molecular weight is 227 g/mol. The second-order valence-electron chi connectivity index (χ2n) is 5.17. The summed E-state index contributed by atoms with van der Waals surface area (Å²) in [6.07, 6.45) is 10.3. The van der Waals surface area contributed by atoms with Gasteiger partial charge in [0.25, 0.3) is 0 Å². The Labute approximate surface area is 98.8 Å². The Morgan fingerprint density at radius 2 is 1.93 bits per heavy atom. The summed E-state index contributed by atoms with van der Waals surface area (Å²) in [6, 6.07) is 0.799. The molecule has 1 N–H and O–H groups in total. The third-order valence-electron chi connectivity index (χ3n) is 3.64. The number of hydrogen-bond acceptors (Lipinski definition) is 2. The van der Waals surface area contributed by atoms with E-state index in [1.54, 1.807) is 0 Å². The van der Waals surface area contributed by atoms with Crippen LogP contribution in [0.25, 0.3) is 0 Å². The molecule has 2 heteroatoms. The van der Waals surface area contributed by atoms with E-state index in [9.17, 15) is 0 Å². The number of rotatable bonds is 7. The molecule has 0 saturated heterocycles. The highest BCUT2D eigenvalue weighted by Crippen LogP contribution is 2.35. The predicted molar refractivity (Wildman–Crippen MR) is 69.5 cm³/mol. The first-order valence-electron chi connectivity index (χ1n) is 6.73. The highest BCUT2D eigenvalue weighted by Gasteiger charge is 2.26. The van der Waals surface area contributed by atoms with Crippen LogP contribution in [0.4, 0.5) is 0 Å². The molecule has 2 aliphatic rings.